The van der Waals surface area contributed by atoms with Crippen LogP contribution in [0.25, 0.3) is 0 Å². The normalized spacial score (nSPS) is 25.4. The fraction of sp³-hybridized carbons (Fsp3) is 0.714. The highest BCUT2D eigenvalue weighted by atomic mass is 31.2. The van der Waals surface area contributed by atoms with E-state index in [1.807, 2.05) is 18.2 Å². The number of aliphatic hydroxyl groups is 5. The quantitative estimate of drug-likeness (QED) is 0.0113. The maximum atomic E-state index is 12.8. The van der Waals surface area contributed by atoms with Gasteiger partial charge in [-0.3, -0.25) is 18.6 Å². The third-order valence-electron chi connectivity index (χ3n) is 10.9. The minimum Gasteiger partial charge on any atom is -0.462 e. The van der Waals surface area contributed by atoms with Crippen LogP contribution in [0.5, 0.6) is 0 Å². The summed E-state index contributed by atoms with van der Waals surface area (Å²) in [6, 6.07) is 0. The van der Waals surface area contributed by atoms with Crippen LogP contribution in [0.2, 0.25) is 0 Å². The summed E-state index contributed by atoms with van der Waals surface area (Å²) in [6.07, 6.45) is 32.9. The topological polar surface area (TPSA) is 222 Å². The molecular weight excluding hydrogens is 843 g/mol. The highest BCUT2D eigenvalue weighted by Gasteiger charge is 2.51. The number of aliphatic hydroxyl groups excluding tert-OH is 5. The van der Waals surface area contributed by atoms with Crippen molar-refractivity contribution >= 4 is 19.8 Å². The molecule has 2 fully saturated rings. The molecule has 64 heavy (non-hydrogen) atoms. The first kappa shape index (κ1) is 57.4. The van der Waals surface area contributed by atoms with Crippen molar-refractivity contribution in [2.24, 2.45) is 0 Å². The zero-order valence-electron chi connectivity index (χ0n) is 38.5. The number of hydrogen-bond acceptors (Lipinski definition) is 13. The number of carbonyl (C=O) groups is 2. The lowest BCUT2D eigenvalue weighted by Crippen LogP contribution is -2.64. The number of allylic oxidation sites excluding steroid dienone is 10. The summed E-state index contributed by atoms with van der Waals surface area (Å²) in [5, 5.41) is 50.2. The lowest BCUT2D eigenvalue weighted by molar-refractivity contribution is -0.220. The Bertz CT molecular complexity index is 1460. The number of ether oxygens (including phenoxy) is 3. The van der Waals surface area contributed by atoms with Gasteiger partial charge >= 0.3 is 19.8 Å². The summed E-state index contributed by atoms with van der Waals surface area (Å²) >= 11 is 0. The van der Waals surface area contributed by atoms with Crippen molar-refractivity contribution in [3.63, 3.8) is 0 Å². The van der Waals surface area contributed by atoms with Crippen LogP contribution in [-0.4, -0.2) is 111 Å². The van der Waals surface area contributed by atoms with E-state index in [-0.39, 0.29) is 12.8 Å². The van der Waals surface area contributed by atoms with Gasteiger partial charge in [-0.25, -0.2) is 4.57 Å². The largest absolute Gasteiger partial charge is 0.472 e. The molecule has 1 aliphatic heterocycles. The van der Waals surface area contributed by atoms with Crippen LogP contribution in [0, 0.1) is 0 Å². The van der Waals surface area contributed by atoms with Crippen LogP contribution in [0.1, 0.15) is 155 Å². The van der Waals surface area contributed by atoms with Crippen LogP contribution >= 0.6 is 7.82 Å². The monoisotopic (exact) mass is 925 g/mol. The second kappa shape index (κ2) is 35.4. The smallest absolute Gasteiger partial charge is 0.462 e. The number of phosphoric ester groups is 1. The molecule has 0 radical (unpaired) electrons. The summed E-state index contributed by atoms with van der Waals surface area (Å²) in [7, 11) is -5.15. The minimum atomic E-state index is -5.15. The van der Waals surface area contributed by atoms with Gasteiger partial charge in [0.25, 0.3) is 0 Å². The molecule has 1 aliphatic carbocycles. The maximum absolute atomic E-state index is 12.8. The van der Waals surface area contributed by atoms with Gasteiger partial charge in [0.05, 0.1) is 18.8 Å². The van der Waals surface area contributed by atoms with Crippen molar-refractivity contribution in [3.8, 4) is 0 Å². The fourth-order valence-corrected chi connectivity index (χ4v) is 7.97. The Balaban J connectivity index is 1.73. The average molecular weight is 925 g/mol. The Morgan fingerprint density at radius 2 is 1.05 bits per heavy atom. The van der Waals surface area contributed by atoms with Crippen molar-refractivity contribution in [1.82, 2.24) is 0 Å². The molecule has 14 nitrogen and oxygen atoms in total. The van der Waals surface area contributed by atoms with E-state index in [0.29, 0.717) is 31.5 Å². The van der Waals surface area contributed by atoms with Crippen molar-refractivity contribution < 1.29 is 67.8 Å². The molecule has 5 unspecified atom stereocenters. The van der Waals surface area contributed by atoms with Gasteiger partial charge in [0.15, 0.2) is 6.10 Å². The summed E-state index contributed by atoms with van der Waals surface area (Å²) in [4.78, 5) is 35.7. The Morgan fingerprint density at radius 3 is 1.62 bits per heavy atom. The molecule has 0 spiro atoms. The summed E-state index contributed by atoms with van der Waals surface area (Å²) < 4.78 is 39.1. The van der Waals surface area contributed by atoms with E-state index in [1.54, 1.807) is 0 Å². The fourth-order valence-electron chi connectivity index (χ4n) is 7.00. The molecule has 15 heteroatoms. The van der Waals surface area contributed by atoms with Crippen molar-refractivity contribution in [2.75, 3.05) is 13.2 Å². The van der Waals surface area contributed by atoms with Gasteiger partial charge in [-0.05, 0) is 77.0 Å². The van der Waals surface area contributed by atoms with E-state index >= 15 is 0 Å². The Kier molecular flexibility index (Phi) is 31.8. The number of rotatable bonds is 37. The van der Waals surface area contributed by atoms with Crippen molar-refractivity contribution in [3.05, 3.63) is 72.9 Å². The second-order valence-corrected chi connectivity index (χ2v) is 18.0. The average Bonchev–Trinajstić information content (AvgIpc) is 4.03. The zero-order chi connectivity index (χ0) is 46.8. The van der Waals surface area contributed by atoms with E-state index in [0.717, 1.165) is 70.6 Å². The lowest BCUT2D eigenvalue weighted by atomic mass is 9.85. The molecule has 2 aliphatic rings. The van der Waals surface area contributed by atoms with E-state index in [1.165, 1.54) is 38.5 Å². The van der Waals surface area contributed by atoms with Crippen LogP contribution in [0.4, 0.5) is 0 Å². The molecule has 1 heterocycles. The van der Waals surface area contributed by atoms with Gasteiger partial charge in [-0.1, -0.05) is 138 Å². The van der Waals surface area contributed by atoms with E-state index in [9.17, 15) is 44.6 Å². The van der Waals surface area contributed by atoms with E-state index < -0.39 is 75.7 Å². The number of unbranched alkanes of at least 4 members (excludes halogenated alkanes) is 11. The first-order chi connectivity index (χ1) is 30.9. The molecule has 0 amide bonds. The molecule has 10 atom stereocenters. The van der Waals surface area contributed by atoms with Crippen molar-refractivity contribution in [1.29, 1.82) is 0 Å². The number of epoxide rings is 1. The summed E-state index contributed by atoms with van der Waals surface area (Å²) in [6.45, 7) is 3.09. The molecular formula is C49H81O14P. The predicted octanol–water partition coefficient (Wildman–Crippen LogP) is 8.49. The Hall–Kier alpha value is -2.75. The van der Waals surface area contributed by atoms with Crippen LogP contribution in [-0.2, 0) is 37.4 Å². The molecule has 0 bridgehead atoms. The third-order valence-corrected chi connectivity index (χ3v) is 11.9. The Morgan fingerprint density at radius 1 is 0.562 bits per heavy atom. The number of carbonyl (C=O) groups excluding carboxylic acids is 2. The molecule has 366 valence electrons. The van der Waals surface area contributed by atoms with Crippen molar-refractivity contribution in [2.45, 2.75) is 210 Å². The highest BCUT2D eigenvalue weighted by Crippen LogP contribution is 2.47. The SMILES string of the molecule is CC/C=C\CC1OC1C/C=C\C/C=C\C/C=C\C/C=C\CCC(=O)O[C@H](COC(=O)CCCCCCCCC/C=C\CCCCCC)COP(=O)(O)OC1[C@H](O)[C@H](O)C(O)[C@H](O)[C@H]1O. The lowest BCUT2D eigenvalue weighted by Gasteiger charge is -2.41. The second-order valence-electron chi connectivity index (χ2n) is 16.6. The van der Waals surface area contributed by atoms with Crippen LogP contribution in [0.3, 0.4) is 0 Å². The molecule has 0 aromatic rings. The summed E-state index contributed by atoms with van der Waals surface area (Å²) in [5.41, 5.74) is 0. The van der Waals surface area contributed by atoms with E-state index in [2.05, 4.69) is 68.5 Å². The molecule has 6 N–H and O–H groups in total. The number of esters is 2. The minimum absolute atomic E-state index is 0.0357. The van der Waals surface area contributed by atoms with Gasteiger partial charge in [0.1, 0.15) is 43.2 Å². The maximum Gasteiger partial charge on any atom is 0.472 e. The number of hydrogen-bond donors (Lipinski definition) is 6. The van der Waals surface area contributed by atoms with Crippen LogP contribution in [0.15, 0.2) is 72.9 Å². The van der Waals surface area contributed by atoms with Crippen LogP contribution < -0.4 is 0 Å². The first-order valence-corrected chi connectivity index (χ1v) is 25.4. The molecule has 0 aromatic carbocycles. The van der Waals surface area contributed by atoms with Gasteiger partial charge < -0.3 is 44.6 Å². The van der Waals surface area contributed by atoms with Gasteiger partial charge in [-0.15, -0.1) is 0 Å². The molecule has 1 saturated heterocycles. The molecule has 2 rings (SSSR count). The Labute approximate surface area is 382 Å². The van der Waals surface area contributed by atoms with Gasteiger partial charge in [-0.2, -0.15) is 0 Å². The van der Waals surface area contributed by atoms with Gasteiger partial charge in [0, 0.05) is 12.8 Å². The summed E-state index contributed by atoms with van der Waals surface area (Å²) in [5.74, 6) is -1.21. The van der Waals surface area contributed by atoms with E-state index in [4.69, 9.17) is 23.3 Å². The number of phosphoric acid groups is 1. The molecule has 1 saturated carbocycles. The first-order valence-electron chi connectivity index (χ1n) is 23.9. The standard InChI is InChI=1S/C49H81O14P/c1-3-5-7-8-9-10-11-12-13-14-18-21-24-27-31-35-42(50)59-37-39(38-60-64(57,58)63-49-47(55)45(53)44(52)46(54)48(49)56)61-43(51)36-32-28-25-22-19-16-15-17-20-23-26-30-34-41-40(62-41)33-29-6-4-2/h6,10-11,16-17,19-20,25-26,28-30,39-41,44-49,52-56H,3-5,7-9,12-15,18,21-24,27,31-38H2,1-2H3,(H,57,58)/b11-10-,19-16-,20-17-,28-25-,29-6-,30-26-/t39-,40?,41?,44?,45-,46+,47-,48-,49?/m1/s1. The third kappa shape index (κ3) is 27.0. The van der Waals surface area contributed by atoms with Gasteiger partial charge in [0.2, 0.25) is 0 Å². The zero-order valence-corrected chi connectivity index (χ0v) is 39.4. The highest BCUT2D eigenvalue weighted by molar-refractivity contribution is 7.47. The predicted molar refractivity (Wildman–Crippen MR) is 248 cm³/mol. The molecule has 0 aromatic heterocycles.